The second kappa shape index (κ2) is 6.35. The van der Waals surface area contributed by atoms with Crippen molar-refractivity contribution in [2.24, 2.45) is 5.92 Å². The molecule has 0 aromatic carbocycles. The standard InChI is InChI=1S/C13H19N3O2/c1-10-7-11(4-6-18-10)8-15-13(17)16-12-3-2-5-14-9-12/h2-3,5,9-11H,4,6-8H2,1H3,(H2,15,16,17). The zero-order valence-corrected chi connectivity index (χ0v) is 10.6. The van der Waals surface area contributed by atoms with Gasteiger partial charge >= 0.3 is 6.03 Å². The molecule has 0 saturated carbocycles. The number of hydrogen-bond donors (Lipinski definition) is 2. The third kappa shape index (κ3) is 4.00. The largest absolute Gasteiger partial charge is 0.378 e. The summed E-state index contributed by atoms with van der Waals surface area (Å²) in [5.74, 6) is 0.508. The van der Waals surface area contributed by atoms with Gasteiger partial charge in [0, 0.05) is 19.3 Å². The van der Waals surface area contributed by atoms with Gasteiger partial charge in [0.05, 0.1) is 18.0 Å². The van der Waals surface area contributed by atoms with Crippen LogP contribution in [0.4, 0.5) is 10.5 Å². The second-order valence-corrected chi connectivity index (χ2v) is 4.65. The van der Waals surface area contributed by atoms with Crippen molar-refractivity contribution in [2.45, 2.75) is 25.9 Å². The van der Waals surface area contributed by atoms with Gasteiger partial charge in [0.2, 0.25) is 0 Å². The molecular weight excluding hydrogens is 230 g/mol. The molecule has 0 radical (unpaired) electrons. The number of carbonyl (C=O) groups excluding carboxylic acids is 1. The maximum Gasteiger partial charge on any atom is 0.319 e. The predicted octanol–water partition coefficient (Wildman–Crippen LogP) is 2.02. The lowest BCUT2D eigenvalue weighted by atomic mass is 9.96. The average molecular weight is 249 g/mol. The van der Waals surface area contributed by atoms with E-state index in [-0.39, 0.29) is 6.03 Å². The number of ether oxygens (including phenoxy) is 1. The molecule has 1 aliphatic heterocycles. The van der Waals surface area contributed by atoms with Crippen LogP contribution in [-0.2, 0) is 4.74 Å². The van der Waals surface area contributed by atoms with Crippen LogP contribution in [0.15, 0.2) is 24.5 Å². The summed E-state index contributed by atoms with van der Waals surface area (Å²) in [6.07, 6.45) is 5.61. The molecule has 5 nitrogen and oxygen atoms in total. The molecule has 2 N–H and O–H groups in total. The van der Waals surface area contributed by atoms with Gasteiger partial charge in [-0.05, 0) is 37.8 Å². The number of carbonyl (C=O) groups is 1. The number of aromatic nitrogens is 1. The lowest BCUT2D eigenvalue weighted by Crippen LogP contribution is -2.36. The molecule has 1 aromatic rings. The minimum Gasteiger partial charge on any atom is -0.378 e. The Kier molecular flexibility index (Phi) is 4.52. The number of hydrogen-bond acceptors (Lipinski definition) is 3. The second-order valence-electron chi connectivity index (χ2n) is 4.65. The van der Waals surface area contributed by atoms with Gasteiger partial charge in [0.15, 0.2) is 0 Å². The number of nitrogens with one attached hydrogen (secondary N) is 2. The van der Waals surface area contributed by atoms with Crippen LogP contribution in [0.3, 0.4) is 0 Å². The molecule has 1 fully saturated rings. The summed E-state index contributed by atoms with van der Waals surface area (Å²) in [4.78, 5) is 15.6. The maximum absolute atomic E-state index is 11.7. The maximum atomic E-state index is 11.7. The van der Waals surface area contributed by atoms with E-state index in [2.05, 4.69) is 22.5 Å². The zero-order chi connectivity index (χ0) is 12.8. The van der Waals surface area contributed by atoms with Crippen LogP contribution in [0, 0.1) is 5.92 Å². The van der Waals surface area contributed by atoms with Crippen molar-refractivity contribution < 1.29 is 9.53 Å². The molecule has 2 unspecified atom stereocenters. The quantitative estimate of drug-likeness (QED) is 0.861. The Bertz CT molecular complexity index is 383. The van der Waals surface area contributed by atoms with Crippen LogP contribution in [-0.4, -0.2) is 30.3 Å². The van der Waals surface area contributed by atoms with Gasteiger partial charge in [0.25, 0.3) is 0 Å². The molecule has 5 heteroatoms. The van der Waals surface area contributed by atoms with Gasteiger partial charge in [-0.25, -0.2) is 4.79 Å². The first-order chi connectivity index (χ1) is 8.74. The van der Waals surface area contributed by atoms with E-state index < -0.39 is 0 Å². The Labute approximate surface area is 107 Å². The Morgan fingerprint density at radius 2 is 2.50 bits per heavy atom. The summed E-state index contributed by atoms with van der Waals surface area (Å²) in [7, 11) is 0. The summed E-state index contributed by atoms with van der Waals surface area (Å²) in [5.41, 5.74) is 0.704. The van der Waals surface area contributed by atoms with E-state index in [9.17, 15) is 4.79 Å². The summed E-state index contributed by atoms with van der Waals surface area (Å²) < 4.78 is 5.47. The van der Waals surface area contributed by atoms with E-state index in [1.54, 1.807) is 18.5 Å². The van der Waals surface area contributed by atoms with Crippen LogP contribution >= 0.6 is 0 Å². The minimum absolute atomic E-state index is 0.179. The molecule has 0 aliphatic carbocycles. The van der Waals surface area contributed by atoms with Crippen molar-refractivity contribution in [2.75, 3.05) is 18.5 Å². The number of nitrogens with zero attached hydrogens (tertiary/aromatic N) is 1. The molecule has 2 heterocycles. The van der Waals surface area contributed by atoms with Crippen molar-refractivity contribution in [3.05, 3.63) is 24.5 Å². The third-order valence-electron chi connectivity index (χ3n) is 3.06. The molecule has 2 amide bonds. The zero-order valence-electron chi connectivity index (χ0n) is 10.6. The molecular formula is C13H19N3O2. The van der Waals surface area contributed by atoms with Gasteiger partial charge in [-0.1, -0.05) is 0 Å². The smallest absolute Gasteiger partial charge is 0.319 e. The molecule has 0 bridgehead atoms. The lowest BCUT2D eigenvalue weighted by Gasteiger charge is -2.27. The van der Waals surface area contributed by atoms with Gasteiger partial charge in [-0.3, -0.25) is 4.98 Å². The summed E-state index contributed by atoms with van der Waals surface area (Å²) >= 11 is 0. The van der Waals surface area contributed by atoms with Crippen molar-refractivity contribution in [3.8, 4) is 0 Å². The van der Waals surface area contributed by atoms with Crippen molar-refractivity contribution in [3.63, 3.8) is 0 Å². The molecule has 18 heavy (non-hydrogen) atoms. The van der Waals surface area contributed by atoms with Gasteiger partial charge < -0.3 is 15.4 Å². The lowest BCUT2D eigenvalue weighted by molar-refractivity contribution is 0.00354. The monoisotopic (exact) mass is 249 g/mol. The number of amides is 2. The van der Waals surface area contributed by atoms with E-state index in [0.717, 1.165) is 19.4 Å². The van der Waals surface area contributed by atoms with E-state index >= 15 is 0 Å². The number of rotatable bonds is 3. The van der Waals surface area contributed by atoms with Crippen molar-refractivity contribution in [1.82, 2.24) is 10.3 Å². The average Bonchev–Trinajstić information content (AvgIpc) is 2.38. The fraction of sp³-hybridized carbons (Fsp3) is 0.538. The highest BCUT2D eigenvalue weighted by atomic mass is 16.5. The van der Waals surface area contributed by atoms with Crippen LogP contribution in [0.25, 0.3) is 0 Å². The van der Waals surface area contributed by atoms with Crippen LogP contribution < -0.4 is 10.6 Å². The highest BCUT2D eigenvalue weighted by Gasteiger charge is 2.19. The highest BCUT2D eigenvalue weighted by molar-refractivity contribution is 5.88. The number of urea groups is 1. The van der Waals surface area contributed by atoms with Crippen LogP contribution in [0.2, 0.25) is 0 Å². The van der Waals surface area contributed by atoms with E-state index in [1.165, 1.54) is 0 Å². The van der Waals surface area contributed by atoms with Gasteiger partial charge in [0.1, 0.15) is 0 Å². The Morgan fingerprint density at radius 1 is 1.61 bits per heavy atom. The Morgan fingerprint density at radius 3 is 3.22 bits per heavy atom. The topological polar surface area (TPSA) is 63.2 Å². The first-order valence-electron chi connectivity index (χ1n) is 6.30. The third-order valence-corrected chi connectivity index (χ3v) is 3.06. The predicted molar refractivity (Wildman–Crippen MR) is 69.4 cm³/mol. The molecule has 1 aliphatic rings. The van der Waals surface area contributed by atoms with Crippen molar-refractivity contribution in [1.29, 1.82) is 0 Å². The molecule has 0 spiro atoms. The first-order valence-corrected chi connectivity index (χ1v) is 6.30. The normalized spacial score (nSPS) is 23.4. The summed E-state index contributed by atoms with van der Waals surface area (Å²) in [6.45, 7) is 3.55. The van der Waals surface area contributed by atoms with E-state index in [1.807, 2.05) is 6.07 Å². The van der Waals surface area contributed by atoms with Crippen LogP contribution in [0.5, 0.6) is 0 Å². The fourth-order valence-electron chi connectivity index (χ4n) is 2.13. The molecule has 1 aromatic heterocycles. The van der Waals surface area contributed by atoms with E-state index in [0.29, 0.717) is 24.3 Å². The first kappa shape index (κ1) is 12.8. The van der Waals surface area contributed by atoms with Gasteiger partial charge in [-0.2, -0.15) is 0 Å². The number of anilines is 1. The molecule has 2 atom stereocenters. The van der Waals surface area contributed by atoms with Crippen molar-refractivity contribution >= 4 is 11.7 Å². The summed E-state index contributed by atoms with van der Waals surface area (Å²) in [5, 5.41) is 5.64. The summed E-state index contributed by atoms with van der Waals surface area (Å²) in [6, 6.07) is 3.42. The Balaban J connectivity index is 1.71. The van der Waals surface area contributed by atoms with Crippen LogP contribution in [0.1, 0.15) is 19.8 Å². The SMILES string of the molecule is CC1CC(CNC(=O)Nc2cccnc2)CCO1. The Hall–Kier alpha value is -1.62. The fourth-order valence-corrected chi connectivity index (χ4v) is 2.13. The highest BCUT2D eigenvalue weighted by Crippen LogP contribution is 2.18. The molecule has 1 saturated heterocycles. The number of pyridine rings is 1. The molecule has 2 rings (SSSR count). The molecule has 98 valence electrons. The van der Waals surface area contributed by atoms with Gasteiger partial charge in [-0.15, -0.1) is 0 Å². The van der Waals surface area contributed by atoms with E-state index in [4.69, 9.17) is 4.74 Å². The minimum atomic E-state index is -0.179.